The van der Waals surface area contributed by atoms with Crippen LogP contribution >= 0.6 is 0 Å². The molecule has 0 radical (unpaired) electrons. The summed E-state index contributed by atoms with van der Waals surface area (Å²) in [6.07, 6.45) is -0.326. The SMILES string of the molecule is CCOC(=O)N1CCN(C(=O)NCc2ccc(OC)c(OC)c2)CC1. The van der Waals surface area contributed by atoms with Crippen LogP contribution in [0.5, 0.6) is 11.5 Å². The molecule has 138 valence electrons. The molecule has 0 atom stereocenters. The van der Waals surface area contributed by atoms with Crippen LogP contribution in [0.2, 0.25) is 0 Å². The lowest BCUT2D eigenvalue weighted by molar-refractivity contribution is 0.0851. The maximum atomic E-state index is 12.3. The highest BCUT2D eigenvalue weighted by atomic mass is 16.6. The molecule has 1 aliphatic rings. The number of nitrogens with zero attached hydrogens (tertiary/aromatic N) is 2. The second-order valence-electron chi connectivity index (χ2n) is 5.52. The third kappa shape index (κ3) is 4.91. The van der Waals surface area contributed by atoms with Gasteiger partial charge in [-0.15, -0.1) is 0 Å². The Morgan fingerprint density at radius 2 is 1.68 bits per heavy atom. The van der Waals surface area contributed by atoms with E-state index < -0.39 is 0 Å². The first-order chi connectivity index (χ1) is 12.1. The molecule has 25 heavy (non-hydrogen) atoms. The largest absolute Gasteiger partial charge is 0.493 e. The summed E-state index contributed by atoms with van der Waals surface area (Å²) in [5, 5.41) is 2.88. The van der Waals surface area contributed by atoms with Crippen molar-refractivity contribution in [3.05, 3.63) is 23.8 Å². The first-order valence-electron chi connectivity index (χ1n) is 8.24. The lowest BCUT2D eigenvalue weighted by Gasteiger charge is -2.34. The van der Waals surface area contributed by atoms with E-state index in [9.17, 15) is 9.59 Å². The van der Waals surface area contributed by atoms with Gasteiger partial charge >= 0.3 is 12.1 Å². The van der Waals surface area contributed by atoms with Gasteiger partial charge in [-0.2, -0.15) is 0 Å². The number of carbonyl (C=O) groups is 2. The van der Waals surface area contributed by atoms with Gasteiger partial charge in [-0.05, 0) is 24.6 Å². The summed E-state index contributed by atoms with van der Waals surface area (Å²) in [7, 11) is 3.15. The molecular formula is C17H25N3O5. The van der Waals surface area contributed by atoms with Gasteiger partial charge in [0.05, 0.1) is 20.8 Å². The van der Waals surface area contributed by atoms with Crippen molar-refractivity contribution >= 4 is 12.1 Å². The van der Waals surface area contributed by atoms with E-state index in [4.69, 9.17) is 14.2 Å². The fraction of sp³-hybridized carbons (Fsp3) is 0.529. The maximum absolute atomic E-state index is 12.3. The Labute approximate surface area is 147 Å². The average molecular weight is 351 g/mol. The van der Waals surface area contributed by atoms with Gasteiger partial charge in [-0.3, -0.25) is 0 Å². The molecule has 1 saturated heterocycles. The molecule has 0 aromatic heterocycles. The number of carbonyl (C=O) groups excluding carboxylic acids is 2. The Balaban J connectivity index is 1.82. The fourth-order valence-corrected chi connectivity index (χ4v) is 2.59. The van der Waals surface area contributed by atoms with E-state index in [0.717, 1.165) is 5.56 Å². The Hall–Kier alpha value is -2.64. The molecule has 3 amide bonds. The average Bonchev–Trinajstić information content (AvgIpc) is 2.66. The van der Waals surface area contributed by atoms with E-state index in [2.05, 4.69) is 5.32 Å². The van der Waals surface area contributed by atoms with Crippen molar-refractivity contribution in [3.8, 4) is 11.5 Å². The minimum atomic E-state index is -0.326. The van der Waals surface area contributed by atoms with Gasteiger partial charge in [0.2, 0.25) is 0 Å². The van der Waals surface area contributed by atoms with Gasteiger partial charge in [-0.1, -0.05) is 6.07 Å². The lowest BCUT2D eigenvalue weighted by Crippen LogP contribution is -2.53. The second kappa shape index (κ2) is 9.00. The van der Waals surface area contributed by atoms with Crippen LogP contribution in [0.1, 0.15) is 12.5 Å². The number of hydrogen-bond acceptors (Lipinski definition) is 5. The quantitative estimate of drug-likeness (QED) is 0.873. The van der Waals surface area contributed by atoms with Gasteiger partial charge < -0.3 is 29.3 Å². The van der Waals surface area contributed by atoms with E-state index in [1.807, 2.05) is 12.1 Å². The number of amides is 3. The molecule has 8 nitrogen and oxygen atoms in total. The summed E-state index contributed by atoms with van der Waals surface area (Å²) in [6, 6.07) is 5.36. The number of methoxy groups -OCH3 is 2. The Morgan fingerprint density at radius 1 is 1.04 bits per heavy atom. The Kier molecular flexibility index (Phi) is 6.73. The highest BCUT2D eigenvalue weighted by molar-refractivity contribution is 5.75. The number of benzene rings is 1. The Bertz CT molecular complexity index is 600. The third-order valence-corrected chi connectivity index (χ3v) is 3.98. The van der Waals surface area contributed by atoms with Crippen LogP contribution < -0.4 is 14.8 Å². The second-order valence-corrected chi connectivity index (χ2v) is 5.52. The summed E-state index contributed by atoms with van der Waals surface area (Å²) < 4.78 is 15.4. The predicted molar refractivity (Wildman–Crippen MR) is 91.9 cm³/mol. The molecule has 0 unspecified atom stereocenters. The highest BCUT2D eigenvalue weighted by Crippen LogP contribution is 2.27. The number of ether oxygens (including phenoxy) is 3. The van der Waals surface area contributed by atoms with E-state index in [1.54, 1.807) is 37.0 Å². The fourth-order valence-electron chi connectivity index (χ4n) is 2.59. The van der Waals surface area contributed by atoms with Gasteiger partial charge in [0.1, 0.15) is 0 Å². The van der Waals surface area contributed by atoms with Crippen LogP contribution in [-0.4, -0.2) is 68.9 Å². The van der Waals surface area contributed by atoms with E-state index in [-0.39, 0.29) is 12.1 Å². The van der Waals surface area contributed by atoms with Crippen molar-refractivity contribution in [1.82, 2.24) is 15.1 Å². The smallest absolute Gasteiger partial charge is 0.409 e. The summed E-state index contributed by atoms with van der Waals surface area (Å²) in [4.78, 5) is 27.2. The maximum Gasteiger partial charge on any atom is 0.409 e. The van der Waals surface area contributed by atoms with Crippen LogP contribution in [0.3, 0.4) is 0 Å². The van der Waals surface area contributed by atoms with Crippen molar-refractivity contribution in [3.63, 3.8) is 0 Å². The standard InChI is InChI=1S/C17H25N3O5/c1-4-25-17(22)20-9-7-19(8-10-20)16(21)18-12-13-5-6-14(23-2)15(11-13)24-3/h5-6,11H,4,7-10,12H2,1-3H3,(H,18,21). The van der Waals surface area contributed by atoms with Crippen LogP contribution in [0.15, 0.2) is 18.2 Å². The van der Waals surface area contributed by atoms with E-state index >= 15 is 0 Å². The van der Waals surface area contributed by atoms with Crippen molar-refractivity contribution in [2.45, 2.75) is 13.5 Å². The van der Waals surface area contributed by atoms with E-state index in [1.165, 1.54) is 0 Å². The normalized spacial score (nSPS) is 14.0. The molecular weight excluding hydrogens is 326 g/mol. The van der Waals surface area contributed by atoms with Crippen LogP contribution in [0.25, 0.3) is 0 Å². The summed E-state index contributed by atoms with van der Waals surface area (Å²) in [6.45, 7) is 4.43. The zero-order valence-corrected chi connectivity index (χ0v) is 14.9. The minimum Gasteiger partial charge on any atom is -0.493 e. The first-order valence-corrected chi connectivity index (χ1v) is 8.24. The minimum absolute atomic E-state index is 0.154. The predicted octanol–water partition coefficient (Wildman–Crippen LogP) is 1.69. The van der Waals surface area contributed by atoms with Crippen LogP contribution in [0.4, 0.5) is 9.59 Å². The lowest BCUT2D eigenvalue weighted by atomic mass is 10.2. The molecule has 1 N–H and O–H groups in total. The van der Waals surface area contributed by atoms with Crippen molar-refractivity contribution in [2.24, 2.45) is 0 Å². The molecule has 0 aliphatic carbocycles. The molecule has 1 heterocycles. The van der Waals surface area contributed by atoms with Crippen molar-refractivity contribution in [2.75, 3.05) is 47.0 Å². The molecule has 1 fully saturated rings. The molecule has 2 rings (SSSR count). The van der Waals surface area contributed by atoms with Crippen LogP contribution in [-0.2, 0) is 11.3 Å². The first kappa shape index (κ1) is 18.7. The monoisotopic (exact) mass is 351 g/mol. The van der Waals surface area contributed by atoms with E-state index in [0.29, 0.717) is 50.8 Å². The highest BCUT2D eigenvalue weighted by Gasteiger charge is 2.24. The number of urea groups is 1. The van der Waals surface area contributed by atoms with Gasteiger partial charge in [0, 0.05) is 32.7 Å². The van der Waals surface area contributed by atoms with Gasteiger partial charge in [-0.25, -0.2) is 9.59 Å². The van der Waals surface area contributed by atoms with Gasteiger partial charge in [0.25, 0.3) is 0 Å². The van der Waals surface area contributed by atoms with Gasteiger partial charge in [0.15, 0.2) is 11.5 Å². The molecule has 0 bridgehead atoms. The summed E-state index contributed by atoms with van der Waals surface area (Å²) >= 11 is 0. The van der Waals surface area contributed by atoms with Crippen molar-refractivity contribution < 1.29 is 23.8 Å². The molecule has 1 aromatic carbocycles. The molecule has 8 heteroatoms. The molecule has 1 aromatic rings. The molecule has 1 aliphatic heterocycles. The molecule has 0 saturated carbocycles. The van der Waals surface area contributed by atoms with Crippen LogP contribution in [0, 0.1) is 0 Å². The number of hydrogen-bond donors (Lipinski definition) is 1. The van der Waals surface area contributed by atoms with Crippen molar-refractivity contribution in [1.29, 1.82) is 0 Å². The topological polar surface area (TPSA) is 80.3 Å². The summed E-state index contributed by atoms with van der Waals surface area (Å²) in [5.74, 6) is 1.27. The number of nitrogens with one attached hydrogen (secondary N) is 1. The summed E-state index contributed by atoms with van der Waals surface area (Å²) in [5.41, 5.74) is 0.913. The zero-order valence-electron chi connectivity index (χ0n) is 14.9. The third-order valence-electron chi connectivity index (χ3n) is 3.98. The number of piperazine rings is 1. The Morgan fingerprint density at radius 3 is 2.28 bits per heavy atom. The zero-order chi connectivity index (χ0) is 18.2. The number of rotatable bonds is 5. The molecule has 0 spiro atoms.